The van der Waals surface area contributed by atoms with E-state index in [1.807, 2.05) is 24.3 Å². The third-order valence-corrected chi connectivity index (χ3v) is 9.64. The Bertz CT molecular complexity index is 1890. The minimum atomic E-state index is -4.51. The number of aromatic nitrogens is 2. The predicted octanol–water partition coefficient (Wildman–Crippen LogP) is 4.94. The maximum Gasteiger partial charge on any atom is 0.338 e. The van der Waals surface area contributed by atoms with E-state index in [-0.39, 0.29) is 27.3 Å². The number of rotatable bonds is 8. The van der Waals surface area contributed by atoms with Gasteiger partial charge in [0.1, 0.15) is 10.6 Å². The first-order valence-corrected chi connectivity index (χ1v) is 15.6. The minimum Gasteiger partial charge on any atom is -0.452 e. The van der Waals surface area contributed by atoms with Crippen LogP contribution in [0, 0.1) is 6.92 Å². The van der Waals surface area contributed by atoms with Crippen LogP contribution in [0.15, 0.2) is 76.4 Å². The number of hydrogen-bond donors (Lipinski definition) is 2. The molecular formula is C30H28Cl2N4O6S. The molecule has 4 aromatic rings. The third-order valence-electron chi connectivity index (χ3n) is 7.35. The van der Waals surface area contributed by atoms with Crippen LogP contribution in [0.3, 0.4) is 0 Å². The first-order valence-electron chi connectivity index (χ1n) is 13.4. The molecule has 0 saturated carbocycles. The van der Waals surface area contributed by atoms with Crippen molar-refractivity contribution in [2.24, 2.45) is 7.05 Å². The van der Waals surface area contributed by atoms with E-state index in [0.717, 1.165) is 37.0 Å². The molecule has 1 heterocycles. The molecule has 0 aliphatic heterocycles. The fourth-order valence-electron chi connectivity index (χ4n) is 5.11. The first-order chi connectivity index (χ1) is 20.5. The molecule has 1 aliphatic rings. The second-order valence-electron chi connectivity index (χ2n) is 10.1. The van der Waals surface area contributed by atoms with Crippen LogP contribution in [0.2, 0.25) is 10.0 Å². The molecule has 1 aromatic heterocycles. The van der Waals surface area contributed by atoms with Crippen LogP contribution in [-0.4, -0.2) is 36.3 Å². The Hall–Kier alpha value is -4.06. The zero-order chi connectivity index (χ0) is 30.9. The summed E-state index contributed by atoms with van der Waals surface area (Å²) in [5.41, 5.74) is 2.01. The Kier molecular flexibility index (Phi) is 8.68. The van der Waals surface area contributed by atoms with E-state index in [4.69, 9.17) is 27.9 Å². The molecular weight excluding hydrogens is 615 g/mol. The summed E-state index contributed by atoms with van der Waals surface area (Å²) in [7, 11) is -2.90. The molecule has 1 unspecified atom stereocenters. The van der Waals surface area contributed by atoms with Crippen molar-refractivity contribution < 1.29 is 22.7 Å². The van der Waals surface area contributed by atoms with Crippen molar-refractivity contribution in [2.75, 3.05) is 11.3 Å². The van der Waals surface area contributed by atoms with Gasteiger partial charge in [-0.25, -0.2) is 17.9 Å². The number of amides is 1. The molecule has 0 spiro atoms. The van der Waals surface area contributed by atoms with E-state index in [1.54, 1.807) is 44.3 Å². The molecule has 0 radical (unpaired) electrons. The van der Waals surface area contributed by atoms with Gasteiger partial charge in [-0.05, 0) is 61.6 Å². The lowest BCUT2D eigenvalue weighted by Gasteiger charge is -2.26. The van der Waals surface area contributed by atoms with Crippen molar-refractivity contribution in [3.05, 3.63) is 110 Å². The molecule has 0 bridgehead atoms. The molecule has 1 amide bonds. The quantitative estimate of drug-likeness (QED) is 0.262. The number of halogens is 2. The number of para-hydroxylation sites is 1. The fraction of sp³-hybridized carbons (Fsp3) is 0.233. The summed E-state index contributed by atoms with van der Waals surface area (Å²) in [6, 6.07) is 18.5. The summed E-state index contributed by atoms with van der Waals surface area (Å²) in [6.45, 7) is 0.998. The first kappa shape index (κ1) is 30.4. The normalized spacial score (nSPS) is 14.6. The number of ether oxygens (including phenoxy) is 1. The number of benzene rings is 3. The van der Waals surface area contributed by atoms with E-state index in [2.05, 4.69) is 10.0 Å². The molecule has 13 heteroatoms. The number of fused-ring (bicyclic) bond motifs is 1. The van der Waals surface area contributed by atoms with Crippen LogP contribution in [-0.2, 0) is 33.0 Å². The molecule has 1 aliphatic carbocycles. The Morgan fingerprint density at radius 2 is 1.74 bits per heavy atom. The lowest BCUT2D eigenvalue weighted by atomic mass is 9.88. The smallest absolute Gasteiger partial charge is 0.338 e. The van der Waals surface area contributed by atoms with Crippen LogP contribution in [0.5, 0.6) is 0 Å². The molecule has 0 fully saturated rings. The topological polar surface area (TPSA) is 128 Å². The highest BCUT2D eigenvalue weighted by Crippen LogP contribution is 2.33. The highest BCUT2D eigenvalue weighted by molar-refractivity contribution is 7.92. The van der Waals surface area contributed by atoms with Gasteiger partial charge in [0.15, 0.2) is 6.61 Å². The van der Waals surface area contributed by atoms with E-state index in [9.17, 15) is 22.8 Å². The summed E-state index contributed by atoms with van der Waals surface area (Å²) in [5, 5.41) is 2.31. The largest absolute Gasteiger partial charge is 0.452 e. The van der Waals surface area contributed by atoms with Crippen molar-refractivity contribution in [1.29, 1.82) is 0 Å². The number of anilines is 1. The van der Waals surface area contributed by atoms with Crippen molar-refractivity contribution in [1.82, 2.24) is 14.7 Å². The van der Waals surface area contributed by atoms with Crippen LogP contribution in [0.4, 0.5) is 5.69 Å². The summed E-state index contributed by atoms with van der Waals surface area (Å²) in [4.78, 5) is 38.2. The Balaban J connectivity index is 1.34. The number of esters is 1. The third kappa shape index (κ3) is 6.20. The fourth-order valence-corrected chi connectivity index (χ4v) is 7.04. The Morgan fingerprint density at radius 3 is 2.49 bits per heavy atom. The molecule has 2 N–H and O–H groups in total. The van der Waals surface area contributed by atoms with Gasteiger partial charge in [0.25, 0.3) is 21.5 Å². The van der Waals surface area contributed by atoms with Gasteiger partial charge < -0.3 is 10.1 Å². The molecule has 43 heavy (non-hydrogen) atoms. The van der Waals surface area contributed by atoms with Crippen molar-refractivity contribution >= 4 is 50.8 Å². The lowest BCUT2D eigenvalue weighted by Crippen LogP contribution is -2.34. The highest BCUT2D eigenvalue weighted by atomic mass is 35.5. The number of carbonyl (C=O) groups excluding carboxylic acids is 2. The van der Waals surface area contributed by atoms with Gasteiger partial charge in [0.05, 0.1) is 33.0 Å². The Morgan fingerprint density at radius 1 is 1.05 bits per heavy atom. The summed E-state index contributed by atoms with van der Waals surface area (Å²) >= 11 is 12.5. The second-order valence-corrected chi connectivity index (χ2v) is 12.5. The van der Waals surface area contributed by atoms with Crippen LogP contribution in [0.25, 0.3) is 5.69 Å². The number of aryl methyl sites for hydroxylation is 1. The SMILES string of the molecule is Cc1c(NS(=O)(=O)c2cc(C(=O)OCC(=O)NC3CCCc4ccccc43)cc(Cl)c2Cl)c(=O)n(-c2ccccc2)n1C. The number of nitrogens with one attached hydrogen (secondary N) is 2. The standard InChI is InChI=1S/C30H28Cl2N4O6S/c1-18-28(29(38)36(35(18)2)21-11-4-3-5-12-21)34-43(40,41)25-16-20(15-23(31)27(25)32)30(39)42-17-26(37)33-24-14-8-10-19-9-6-7-13-22(19)24/h3-7,9,11-13,15-16,24,34H,8,10,14,17H2,1-2H3,(H,33,37). The maximum absolute atomic E-state index is 13.5. The van der Waals surface area contributed by atoms with Crippen LogP contribution < -0.4 is 15.6 Å². The van der Waals surface area contributed by atoms with E-state index in [1.165, 1.54) is 14.9 Å². The molecule has 3 aromatic carbocycles. The van der Waals surface area contributed by atoms with E-state index in [0.29, 0.717) is 11.4 Å². The average molecular weight is 644 g/mol. The predicted molar refractivity (Wildman–Crippen MR) is 164 cm³/mol. The zero-order valence-corrected chi connectivity index (χ0v) is 25.6. The highest BCUT2D eigenvalue weighted by Gasteiger charge is 2.28. The van der Waals surface area contributed by atoms with Crippen LogP contribution >= 0.6 is 23.2 Å². The lowest BCUT2D eigenvalue weighted by molar-refractivity contribution is -0.125. The van der Waals surface area contributed by atoms with Crippen molar-refractivity contribution in [2.45, 2.75) is 37.1 Å². The van der Waals surface area contributed by atoms with Gasteiger partial charge >= 0.3 is 5.97 Å². The number of sulfonamides is 1. The number of nitrogens with zero attached hydrogens (tertiary/aromatic N) is 2. The molecule has 5 rings (SSSR count). The van der Waals surface area contributed by atoms with Crippen LogP contribution in [0.1, 0.15) is 46.1 Å². The van der Waals surface area contributed by atoms with Crippen molar-refractivity contribution in [3.8, 4) is 5.69 Å². The summed E-state index contributed by atoms with van der Waals surface area (Å²) in [6.07, 6.45) is 2.61. The summed E-state index contributed by atoms with van der Waals surface area (Å²) in [5.74, 6) is -1.48. The zero-order valence-electron chi connectivity index (χ0n) is 23.3. The van der Waals surface area contributed by atoms with Gasteiger partial charge in [-0.1, -0.05) is 65.7 Å². The molecule has 224 valence electrons. The van der Waals surface area contributed by atoms with Gasteiger partial charge in [0, 0.05) is 7.05 Å². The summed E-state index contributed by atoms with van der Waals surface area (Å²) < 4.78 is 37.2. The minimum absolute atomic E-state index is 0.197. The van der Waals surface area contributed by atoms with Gasteiger partial charge in [-0.3, -0.25) is 19.0 Å². The van der Waals surface area contributed by atoms with Gasteiger partial charge in [-0.15, -0.1) is 0 Å². The maximum atomic E-state index is 13.5. The molecule has 10 nitrogen and oxygen atoms in total. The second kappa shape index (κ2) is 12.3. The molecule has 1 atom stereocenters. The Labute approximate surface area is 258 Å². The average Bonchev–Trinajstić information content (AvgIpc) is 3.20. The van der Waals surface area contributed by atoms with E-state index >= 15 is 0 Å². The molecule has 0 saturated heterocycles. The van der Waals surface area contributed by atoms with Crippen molar-refractivity contribution in [3.63, 3.8) is 0 Å². The monoisotopic (exact) mass is 642 g/mol. The van der Waals surface area contributed by atoms with E-state index < -0.39 is 39.0 Å². The van der Waals surface area contributed by atoms with Gasteiger partial charge in [0.2, 0.25) is 0 Å². The number of hydrogen-bond acceptors (Lipinski definition) is 6. The number of carbonyl (C=O) groups is 2. The van der Waals surface area contributed by atoms with Gasteiger partial charge in [-0.2, -0.15) is 0 Å².